The van der Waals surface area contributed by atoms with Crippen molar-refractivity contribution < 1.29 is 4.79 Å². The average Bonchev–Trinajstić information content (AvgIpc) is 3.28. The molecule has 0 spiro atoms. The molecule has 1 aliphatic heterocycles. The predicted octanol–water partition coefficient (Wildman–Crippen LogP) is 3.33. The number of rotatable bonds is 1. The highest BCUT2D eigenvalue weighted by Crippen LogP contribution is 2.45. The fourth-order valence-corrected chi connectivity index (χ4v) is 5.04. The molecule has 1 saturated carbocycles. The number of nitrogens with zero attached hydrogens (tertiary/aromatic N) is 7. The summed E-state index contributed by atoms with van der Waals surface area (Å²) in [6.07, 6.45) is 10.3. The SMILES string of the molecule is CN1CCCn2cc(c(C3CC3)n2)C2=CCc3nnc(cc32)-c2c(nc3ccccn23)C1=O. The Hall–Kier alpha value is -3.81. The smallest absolute Gasteiger partial charge is 0.274 e. The lowest BCUT2D eigenvalue weighted by Crippen LogP contribution is -2.29. The average molecular weight is 438 g/mol. The molecule has 0 saturated heterocycles. The Bertz CT molecular complexity index is 1470. The van der Waals surface area contributed by atoms with Gasteiger partial charge in [0, 0.05) is 56.0 Å². The van der Waals surface area contributed by atoms with Gasteiger partial charge in [-0.25, -0.2) is 4.98 Å². The van der Waals surface area contributed by atoms with Crippen molar-refractivity contribution in [3.63, 3.8) is 0 Å². The molecule has 4 bridgehead atoms. The third kappa shape index (κ3) is 2.86. The van der Waals surface area contributed by atoms with Crippen molar-refractivity contribution in [1.82, 2.24) is 34.3 Å². The van der Waals surface area contributed by atoms with Gasteiger partial charge in [-0.3, -0.25) is 13.9 Å². The second-order valence-corrected chi connectivity index (χ2v) is 9.20. The van der Waals surface area contributed by atoms with Gasteiger partial charge in [0.1, 0.15) is 17.0 Å². The minimum absolute atomic E-state index is 0.108. The zero-order valence-electron chi connectivity index (χ0n) is 18.4. The van der Waals surface area contributed by atoms with E-state index in [0.29, 0.717) is 29.5 Å². The fraction of sp³-hybridized carbons (Fsp3) is 0.320. The van der Waals surface area contributed by atoms with Gasteiger partial charge in [0.15, 0.2) is 5.69 Å². The van der Waals surface area contributed by atoms with Gasteiger partial charge in [-0.05, 0) is 43.0 Å². The molecule has 0 N–H and O–H groups in total. The summed E-state index contributed by atoms with van der Waals surface area (Å²) in [7, 11) is 1.83. The second-order valence-electron chi connectivity index (χ2n) is 9.20. The number of carbonyl (C=O) groups is 1. The Morgan fingerprint density at radius 1 is 1.09 bits per heavy atom. The first-order chi connectivity index (χ1) is 16.2. The Labute approximate surface area is 190 Å². The van der Waals surface area contributed by atoms with Crippen LogP contribution < -0.4 is 0 Å². The number of aryl methyl sites for hydroxylation is 1. The third-order valence-corrected chi connectivity index (χ3v) is 6.91. The summed E-state index contributed by atoms with van der Waals surface area (Å²) in [4.78, 5) is 19.9. The predicted molar refractivity (Wildman–Crippen MR) is 123 cm³/mol. The van der Waals surface area contributed by atoms with Crippen LogP contribution in [0.3, 0.4) is 0 Å². The summed E-state index contributed by atoms with van der Waals surface area (Å²) in [5.74, 6) is 0.439. The molecule has 1 amide bonds. The molecule has 4 aromatic rings. The van der Waals surface area contributed by atoms with Crippen LogP contribution in [0.1, 0.15) is 58.2 Å². The van der Waals surface area contributed by atoms with Gasteiger partial charge in [-0.1, -0.05) is 12.1 Å². The lowest BCUT2D eigenvalue weighted by atomic mass is 9.99. The highest BCUT2D eigenvalue weighted by molar-refractivity contribution is 5.99. The Balaban J connectivity index is 1.48. The van der Waals surface area contributed by atoms with Crippen molar-refractivity contribution in [1.29, 1.82) is 0 Å². The summed E-state index contributed by atoms with van der Waals surface area (Å²) in [5, 5.41) is 14.1. The lowest BCUT2D eigenvalue weighted by Gasteiger charge is -2.17. The van der Waals surface area contributed by atoms with Gasteiger partial charge in [-0.2, -0.15) is 10.2 Å². The number of hydrogen-bond donors (Lipinski definition) is 0. The number of allylic oxidation sites excluding steroid dienone is 1. The Morgan fingerprint density at radius 2 is 2.00 bits per heavy atom. The van der Waals surface area contributed by atoms with E-state index in [0.717, 1.165) is 36.3 Å². The number of amides is 1. The molecule has 5 heterocycles. The molecule has 33 heavy (non-hydrogen) atoms. The van der Waals surface area contributed by atoms with E-state index in [1.54, 1.807) is 4.90 Å². The summed E-state index contributed by atoms with van der Waals surface area (Å²) in [6, 6.07) is 7.86. The van der Waals surface area contributed by atoms with Crippen LogP contribution in [-0.4, -0.2) is 53.8 Å². The summed E-state index contributed by atoms with van der Waals surface area (Å²) in [5.41, 5.74) is 8.14. The number of pyridine rings is 1. The van der Waals surface area contributed by atoms with Crippen LogP contribution in [0, 0.1) is 0 Å². The maximum absolute atomic E-state index is 13.5. The molecule has 3 aliphatic rings. The monoisotopic (exact) mass is 437 g/mol. The fourth-order valence-electron chi connectivity index (χ4n) is 5.04. The molecular formula is C25H23N7O. The zero-order chi connectivity index (χ0) is 22.1. The molecule has 0 atom stereocenters. The molecule has 164 valence electrons. The topological polar surface area (TPSA) is 81.2 Å². The van der Waals surface area contributed by atoms with Gasteiger partial charge < -0.3 is 4.90 Å². The minimum atomic E-state index is -0.108. The van der Waals surface area contributed by atoms with E-state index in [1.165, 1.54) is 29.7 Å². The maximum Gasteiger partial charge on any atom is 0.274 e. The van der Waals surface area contributed by atoms with Crippen molar-refractivity contribution in [2.75, 3.05) is 13.6 Å². The van der Waals surface area contributed by atoms with Crippen molar-refractivity contribution in [2.24, 2.45) is 0 Å². The van der Waals surface area contributed by atoms with Crippen molar-refractivity contribution >= 4 is 17.1 Å². The number of fused-ring (bicyclic) bond motifs is 8. The van der Waals surface area contributed by atoms with E-state index >= 15 is 0 Å². The highest BCUT2D eigenvalue weighted by Gasteiger charge is 2.33. The summed E-state index contributed by atoms with van der Waals surface area (Å²) < 4.78 is 3.99. The van der Waals surface area contributed by atoms with Crippen molar-refractivity contribution in [3.05, 3.63) is 70.9 Å². The molecule has 2 aliphatic carbocycles. The molecule has 0 radical (unpaired) electrons. The zero-order valence-corrected chi connectivity index (χ0v) is 18.4. The van der Waals surface area contributed by atoms with Gasteiger partial charge >= 0.3 is 0 Å². The molecule has 0 unspecified atom stereocenters. The van der Waals surface area contributed by atoms with E-state index < -0.39 is 0 Å². The lowest BCUT2D eigenvalue weighted by molar-refractivity contribution is 0.0787. The number of hydrogen-bond acceptors (Lipinski definition) is 5. The first-order valence-electron chi connectivity index (χ1n) is 11.5. The maximum atomic E-state index is 13.5. The van der Waals surface area contributed by atoms with E-state index in [1.807, 2.05) is 35.8 Å². The number of aromatic nitrogens is 6. The quantitative estimate of drug-likeness (QED) is 0.456. The van der Waals surface area contributed by atoms with Gasteiger partial charge in [0.25, 0.3) is 5.91 Å². The molecule has 8 nitrogen and oxygen atoms in total. The molecule has 1 fully saturated rings. The minimum Gasteiger partial charge on any atom is -0.340 e. The molecular weight excluding hydrogens is 414 g/mol. The third-order valence-electron chi connectivity index (χ3n) is 6.91. The number of carbonyl (C=O) groups excluding carboxylic acids is 1. The van der Waals surface area contributed by atoms with Crippen molar-refractivity contribution in [2.45, 2.75) is 38.1 Å². The van der Waals surface area contributed by atoms with Crippen LogP contribution >= 0.6 is 0 Å². The van der Waals surface area contributed by atoms with Crippen LogP contribution in [0.15, 0.2) is 42.7 Å². The summed E-state index contributed by atoms with van der Waals surface area (Å²) >= 11 is 0. The van der Waals surface area contributed by atoms with E-state index in [4.69, 9.17) is 10.1 Å². The van der Waals surface area contributed by atoms with Gasteiger partial charge in [0.2, 0.25) is 0 Å². The molecule has 0 aromatic carbocycles. The number of imidazole rings is 1. The summed E-state index contributed by atoms with van der Waals surface area (Å²) in [6.45, 7) is 1.40. The van der Waals surface area contributed by atoms with Crippen LogP contribution in [0.2, 0.25) is 0 Å². The van der Waals surface area contributed by atoms with E-state index in [2.05, 4.69) is 33.2 Å². The van der Waals surface area contributed by atoms with E-state index in [9.17, 15) is 4.79 Å². The van der Waals surface area contributed by atoms with Crippen LogP contribution in [0.5, 0.6) is 0 Å². The Morgan fingerprint density at radius 3 is 2.88 bits per heavy atom. The molecule has 8 heteroatoms. The van der Waals surface area contributed by atoms with Crippen LogP contribution in [-0.2, 0) is 13.0 Å². The van der Waals surface area contributed by atoms with E-state index in [-0.39, 0.29) is 5.91 Å². The van der Waals surface area contributed by atoms with Gasteiger partial charge in [0.05, 0.1) is 11.4 Å². The van der Waals surface area contributed by atoms with Crippen LogP contribution in [0.25, 0.3) is 22.6 Å². The van der Waals surface area contributed by atoms with Crippen LogP contribution in [0.4, 0.5) is 0 Å². The Kier molecular flexibility index (Phi) is 3.88. The van der Waals surface area contributed by atoms with Crippen molar-refractivity contribution in [3.8, 4) is 11.4 Å². The first-order valence-corrected chi connectivity index (χ1v) is 11.5. The second kappa shape index (κ2) is 6.84. The van der Waals surface area contributed by atoms with Gasteiger partial charge in [-0.15, -0.1) is 5.10 Å². The molecule has 7 rings (SSSR count). The largest absolute Gasteiger partial charge is 0.340 e. The normalized spacial score (nSPS) is 17.8. The highest BCUT2D eigenvalue weighted by atomic mass is 16.2. The standard InChI is InChI=1S/C25H23N7O/c1-30-10-4-11-31-14-18(22(29-31)15-6-7-15)16-8-9-19-17(16)13-20(28-27-19)24-23(25(30)33)26-21-5-2-3-12-32(21)24/h2-3,5,8,12-15H,4,6-7,9-11H2,1H3. The first kappa shape index (κ1) is 18.7. The molecule has 4 aromatic heterocycles.